The highest BCUT2D eigenvalue weighted by molar-refractivity contribution is 6.30. The van der Waals surface area contributed by atoms with Crippen molar-refractivity contribution in [3.8, 4) is 5.75 Å². The van der Waals surface area contributed by atoms with E-state index in [2.05, 4.69) is 15.5 Å². The van der Waals surface area contributed by atoms with Crippen molar-refractivity contribution in [3.63, 3.8) is 0 Å². The Morgan fingerprint density at radius 3 is 3.00 bits per heavy atom. The lowest BCUT2D eigenvalue weighted by Crippen LogP contribution is -2.26. The number of halogens is 1. The predicted octanol–water partition coefficient (Wildman–Crippen LogP) is 1.76. The van der Waals surface area contributed by atoms with Crippen molar-refractivity contribution in [1.29, 1.82) is 0 Å². The number of rotatable bonds is 8. The quantitative estimate of drug-likeness (QED) is 0.646. The summed E-state index contributed by atoms with van der Waals surface area (Å²) in [5.74, 6) is 0.277. The van der Waals surface area contributed by atoms with Gasteiger partial charge >= 0.3 is 0 Å². The molecule has 0 radical (unpaired) electrons. The highest BCUT2D eigenvalue weighted by Gasteiger charge is 2.13. The number of nitrogens with one attached hydrogen (secondary N) is 2. The second-order valence-corrected chi connectivity index (χ2v) is 5.16. The van der Waals surface area contributed by atoms with Crippen LogP contribution in [0.15, 0.2) is 30.5 Å². The van der Waals surface area contributed by atoms with Gasteiger partial charge in [0.2, 0.25) is 0 Å². The van der Waals surface area contributed by atoms with E-state index in [-0.39, 0.29) is 5.91 Å². The lowest BCUT2D eigenvalue weighted by molar-refractivity contribution is 0.0950. The molecular formula is C15H19ClN4O2. The van der Waals surface area contributed by atoms with Crippen LogP contribution in [0.25, 0.3) is 0 Å². The molecule has 1 amide bonds. The van der Waals surface area contributed by atoms with E-state index in [1.807, 2.05) is 6.07 Å². The summed E-state index contributed by atoms with van der Waals surface area (Å²) in [5, 5.41) is 10.1. The summed E-state index contributed by atoms with van der Waals surface area (Å²) in [6.45, 7) is 1.49. The Hall–Kier alpha value is -2.05. The molecule has 7 heteroatoms. The fourth-order valence-electron chi connectivity index (χ4n) is 1.90. The number of ether oxygens (including phenoxy) is 1. The summed E-state index contributed by atoms with van der Waals surface area (Å²) < 4.78 is 5.59. The van der Waals surface area contributed by atoms with Gasteiger partial charge in [0.05, 0.1) is 12.2 Å². The summed E-state index contributed by atoms with van der Waals surface area (Å²) >= 11 is 5.96. The van der Waals surface area contributed by atoms with Crippen molar-refractivity contribution >= 4 is 17.5 Å². The minimum atomic E-state index is -0.195. The van der Waals surface area contributed by atoms with E-state index in [1.165, 1.54) is 0 Å². The van der Waals surface area contributed by atoms with Crippen LogP contribution < -0.4 is 15.8 Å². The fraction of sp³-hybridized carbons (Fsp3) is 0.333. The van der Waals surface area contributed by atoms with Crippen molar-refractivity contribution < 1.29 is 9.53 Å². The molecule has 0 fully saturated rings. The van der Waals surface area contributed by atoms with Crippen LogP contribution in [0, 0.1) is 0 Å². The van der Waals surface area contributed by atoms with E-state index in [4.69, 9.17) is 22.1 Å². The lowest BCUT2D eigenvalue weighted by Gasteiger charge is -2.12. The first-order valence-corrected chi connectivity index (χ1v) is 7.47. The number of hydrogen-bond acceptors (Lipinski definition) is 4. The number of nitrogens with two attached hydrogens (primary N) is 1. The molecule has 118 valence electrons. The molecule has 0 spiro atoms. The van der Waals surface area contributed by atoms with E-state index in [1.54, 1.807) is 24.4 Å². The normalized spacial score (nSPS) is 10.5. The minimum absolute atomic E-state index is 0.195. The molecule has 0 aliphatic heterocycles. The van der Waals surface area contributed by atoms with Gasteiger partial charge < -0.3 is 15.8 Å². The SMILES string of the molecule is NCCCOc1cc(Cl)ccc1C(=O)NCCc1ccn[nH]1. The number of benzene rings is 1. The Kier molecular flexibility index (Phi) is 6.24. The molecule has 0 aliphatic carbocycles. The van der Waals surface area contributed by atoms with Crippen LogP contribution in [0.5, 0.6) is 5.75 Å². The number of aromatic nitrogens is 2. The molecule has 0 saturated heterocycles. The maximum absolute atomic E-state index is 12.3. The summed E-state index contributed by atoms with van der Waals surface area (Å²) in [5.41, 5.74) is 6.87. The second kappa shape index (κ2) is 8.41. The van der Waals surface area contributed by atoms with E-state index < -0.39 is 0 Å². The van der Waals surface area contributed by atoms with Crippen LogP contribution in [0.3, 0.4) is 0 Å². The van der Waals surface area contributed by atoms with Crippen LogP contribution in [0.2, 0.25) is 5.02 Å². The standard InChI is InChI=1S/C15H19ClN4O2/c16-11-2-3-13(14(10-11)22-9-1-6-17)15(21)18-7-4-12-5-8-19-20-12/h2-3,5,8,10H,1,4,6-7,9,17H2,(H,18,21)(H,19,20). The van der Waals surface area contributed by atoms with Crippen molar-refractivity contribution in [1.82, 2.24) is 15.5 Å². The Morgan fingerprint density at radius 1 is 1.41 bits per heavy atom. The van der Waals surface area contributed by atoms with Gasteiger partial charge in [0, 0.05) is 29.9 Å². The van der Waals surface area contributed by atoms with Crippen molar-refractivity contribution in [2.45, 2.75) is 12.8 Å². The molecule has 6 nitrogen and oxygen atoms in total. The lowest BCUT2D eigenvalue weighted by atomic mass is 10.2. The number of hydrogen-bond donors (Lipinski definition) is 3. The third-order valence-electron chi connectivity index (χ3n) is 3.03. The average molecular weight is 323 g/mol. The molecule has 22 heavy (non-hydrogen) atoms. The van der Waals surface area contributed by atoms with Crippen LogP contribution in [-0.4, -0.2) is 35.8 Å². The Labute approximate surface area is 134 Å². The van der Waals surface area contributed by atoms with Crippen molar-refractivity contribution in [3.05, 3.63) is 46.7 Å². The average Bonchev–Trinajstić information content (AvgIpc) is 3.01. The zero-order valence-electron chi connectivity index (χ0n) is 12.1. The van der Waals surface area contributed by atoms with E-state index in [0.29, 0.717) is 48.9 Å². The summed E-state index contributed by atoms with van der Waals surface area (Å²) in [4.78, 5) is 12.3. The third-order valence-corrected chi connectivity index (χ3v) is 3.27. The second-order valence-electron chi connectivity index (χ2n) is 4.72. The molecule has 2 aromatic rings. The van der Waals surface area contributed by atoms with Crippen LogP contribution >= 0.6 is 11.6 Å². The fourth-order valence-corrected chi connectivity index (χ4v) is 2.06. The first-order chi connectivity index (χ1) is 10.7. The zero-order chi connectivity index (χ0) is 15.8. The Balaban J connectivity index is 1.95. The number of nitrogens with zero attached hydrogens (tertiary/aromatic N) is 1. The molecule has 0 bridgehead atoms. The summed E-state index contributed by atoms with van der Waals surface area (Å²) in [6, 6.07) is 6.84. The molecule has 1 aromatic carbocycles. The molecule has 1 aromatic heterocycles. The Bertz CT molecular complexity index is 602. The molecule has 0 atom stereocenters. The summed E-state index contributed by atoms with van der Waals surface area (Å²) in [6.07, 6.45) is 3.08. The number of carbonyl (C=O) groups is 1. The van der Waals surface area contributed by atoms with Gasteiger partial charge in [-0.3, -0.25) is 9.89 Å². The number of amides is 1. The van der Waals surface area contributed by atoms with E-state index in [9.17, 15) is 4.79 Å². The van der Waals surface area contributed by atoms with Gasteiger partial charge in [-0.15, -0.1) is 0 Å². The molecule has 0 unspecified atom stereocenters. The highest BCUT2D eigenvalue weighted by atomic mass is 35.5. The molecular weight excluding hydrogens is 304 g/mol. The maximum atomic E-state index is 12.3. The zero-order valence-corrected chi connectivity index (χ0v) is 12.9. The van der Waals surface area contributed by atoms with Crippen LogP contribution in [-0.2, 0) is 6.42 Å². The predicted molar refractivity (Wildman–Crippen MR) is 85.2 cm³/mol. The highest BCUT2D eigenvalue weighted by Crippen LogP contribution is 2.23. The molecule has 4 N–H and O–H groups in total. The first kappa shape index (κ1) is 16.3. The van der Waals surface area contributed by atoms with Gasteiger partial charge in [0.15, 0.2) is 0 Å². The van der Waals surface area contributed by atoms with Gasteiger partial charge in [-0.1, -0.05) is 11.6 Å². The van der Waals surface area contributed by atoms with Gasteiger partial charge in [-0.25, -0.2) is 0 Å². The topological polar surface area (TPSA) is 93.0 Å². The van der Waals surface area contributed by atoms with Gasteiger partial charge in [-0.05, 0) is 37.2 Å². The van der Waals surface area contributed by atoms with Crippen LogP contribution in [0.1, 0.15) is 22.5 Å². The van der Waals surface area contributed by atoms with Gasteiger partial charge in [-0.2, -0.15) is 5.10 Å². The molecule has 0 saturated carbocycles. The molecule has 0 aliphatic rings. The number of aromatic amines is 1. The van der Waals surface area contributed by atoms with E-state index in [0.717, 1.165) is 5.69 Å². The largest absolute Gasteiger partial charge is 0.493 e. The Morgan fingerprint density at radius 2 is 2.27 bits per heavy atom. The third kappa shape index (κ3) is 4.75. The molecule has 1 heterocycles. The van der Waals surface area contributed by atoms with Crippen molar-refractivity contribution in [2.75, 3.05) is 19.7 Å². The van der Waals surface area contributed by atoms with Gasteiger partial charge in [0.1, 0.15) is 5.75 Å². The van der Waals surface area contributed by atoms with Crippen LogP contribution in [0.4, 0.5) is 0 Å². The van der Waals surface area contributed by atoms with Crippen molar-refractivity contribution in [2.24, 2.45) is 5.73 Å². The smallest absolute Gasteiger partial charge is 0.255 e. The number of carbonyl (C=O) groups excluding carboxylic acids is 1. The van der Waals surface area contributed by atoms with E-state index >= 15 is 0 Å². The first-order valence-electron chi connectivity index (χ1n) is 7.09. The number of H-pyrrole nitrogens is 1. The maximum Gasteiger partial charge on any atom is 0.255 e. The summed E-state index contributed by atoms with van der Waals surface area (Å²) in [7, 11) is 0. The van der Waals surface area contributed by atoms with Gasteiger partial charge in [0.25, 0.3) is 5.91 Å². The molecule has 2 rings (SSSR count). The minimum Gasteiger partial charge on any atom is -0.493 e. The monoisotopic (exact) mass is 322 g/mol.